The summed E-state index contributed by atoms with van der Waals surface area (Å²) in [5.41, 5.74) is 16.4. The Balaban J connectivity index is 1.41. The van der Waals surface area contributed by atoms with E-state index in [4.69, 9.17) is 20.9 Å². The SMILES string of the molecule is Cc1ccc([S+]([O-])Nc2cc(Oc3ccc(O)cc3)c(N)c3c2C(=O)c2c(N[S+]([O-])c4ccc(C)cc4)cc(Oc4ccc(O)cc4)c(N)c2C3=P)cc1. The number of nitrogens with two attached hydrogens (primary N) is 2. The third kappa shape index (κ3) is 7.23. The van der Waals surface area contributed by atoms with Gasteiger partial charge in [-0.2, -0.15) is 0 Å². The van der Waals surface area contributed by atoms with Crippen LogP contribution in [0.4, 0.5) is 22.7 Å². The lowest BCUT2D eigenvalue weighted by molar-refractivity contribution is 0.103. The second-order valence-electron chi connectivity index (χ2n) is 12.4. The fourth-order valence-electron chi connectivity index (χ4n) is 5.84. The number of fused-ring (bicyclic) bond motifs is 2. The number of anilines is 4. The van der Waals surface area contributed by atoms with E-state index in [-0.39, 0.29) is 73.3 Å². The van der Waals surface area contributed by atoms with Gasteiger partial charge in [-0.25, -0.2) is 9.44 Å². The minimum absolute atomic E-state index is 0.0307. The van der Waals surface area contributed by atoms with E-state index in [0.29, 0.717) is 21.3 Å². The van der Waals surface area contributed by atoms with Gasteiger partial charge in [-0.05, 0) is 86.6 Å². The van der Waals surface area contributed by atoms with Crippen LogP contribution in [0.25, 0.3) is 0 Å². The van der Waals surface area contributed by atoms with Crippen molar-refractivity contribution in [1.82, 2.24) is 0 Å². The number of hydrogen-bond acceptors (Lipinski definition) is 11. The molecule has 8 N–H and O–H groups in total. The van der Waals surface area contributed by atoms with Gasteiger partial charge in [-0.3, -0.25) is 4.79 Å². The lowest BCUT2D eigenvalue weighted by atomic mass is 9.81. The molecule has 0 aliphatic heterocycles. The Morgan fingerprint density at radius 3 is 1.30 bits per heavy atom. The number of carbonyl (C=O) groups is 1. The van der Waals surface area contributed by atoms with Gasteiger partial charge in [-0.1, -0.05) is 35.4 Å². The van der Waals surface area contributed by atoms with Crippen LogP contribution in [0.1, 0.15) is 38.2 Å². The maximum Gasteiger partial charge on any atom is 0.198 e. The van der Waals surface area contributed by atoms with Gasteiger partial charge in [-0.15, -0.1) is 8.86 Å². The quantitative estimate of drug-likeness (QED) is 0.0447. The van der Waals surface area contributed by atoms with E-state index >= 15 is 0 Å². The highest BCUT2D eigenvalue weighted by Crippen LogP contribution is 2.49. The number of benzene rings is 6. The molecule has 14 heteroatoms. The van der Waals surface area contributed by atoms with Crippen molar-refractivity contribution in [2.75, 3.05) is 20.9 Å². The first-order valence-corrected chi connectivity index (χ1v) is 19.2. The molecule has 0 radical (unpaired) electrons. The standard InChI is InChI=1S/C40H33N4O7PS2/c1-21-3-15-27(16-4-21)53(48)43-29-19-31(50-25-11-7-23(45)8-12-25)37(41)35-33(29)39(47)34-30(44-54(49)28-17-5-22(2)6-18-28)20-32(38(42)36(34)40(35)52)51-26-13-9-24(46)10-14-26/h3-20,43-46,52H,41-42H2,1-2H3. The Morgan fingerprint density at radius 1 is 0.593 bits per heavy atom. The Bertz CT molecular complexity index is 2250. The number of phenols is 2. The molecule has 7 rings (SSSR count). The number of ketones is 1. The van der Waals surface area contributed by atoms with Crippen molar-refractivity contribution >= 4 is 65.4 Å². The summed E-state index contributed by atoms with van der Waals surface area (Å²) in [4.78, 5) is 15.9. The molecular weight excluding hydrogens is 744 g/mol. The number of phenolic OH excluding ortho intramolecular Hbond substituents is 2. The number of aromatic hydroxyl groups is 2. The van der Waals surface area contributed by atoms with E-state index in [2.05, 4.69) is 18.3 Å². The largest absolute Gasteiger partial charge is 0.588 e. The van der Waals surface area contributed by atoms with Gasteiger partial charge in [0, 0.05) is 28.6 Å². The second-order valence-corrected chi connectivity index (χ2v) is 15.4. The van der Waals surface area contributed by atoms with Gasteiger partial charge in [0.2, 0.25) is 0 Å². The van der Waals surface area contributed by atoms with Crippen molar-refractivity contribution in [1.29, 1.82) is 0 Å². The first-order valence-electron chi connectivity index (χ1n) is 16.4. The third-order valence-corrected chi connectivity index (χ3v) is 11.3. The zero-order valence-corrected chi connectivity index (χ0v) is 31.4. The number of aryl methyl sites for hydroxylation is 2. The molecule has 272 valence electrons. The lowest BCUT2D eigenvalue weighted by Gasteiger charge is -2.29. The van der Waals surface area contributed by atoms with Crippen molar-refractivity contribution in [2.24, 2.45) is 0 Å². The minimum atomic E-state index is -1.85. The molecule has 1 aliphatic carbocycles. The fraction of sp³-hybridized carbons (Fsp3) is 0.0500. The fourth-order valence-corrected chi connectivity index (χ4v) is 8.08. The van der Waals surface area contributed by atoms with E-state index in [9.17, 15) is 24.1 Å². The molecule has 0 fully saturated rings. The molecule has 1 aliphatic rings. The van der Waals surface area contributed by atoms with E-state index in [1.165, 1.54) is 36.4 Å². The van der Waals surface area contributed by atoms with Crippen LogP contribution in [-0.2, 0) is 22.7 Å². The predicted octanol–water partition coefficient (Wildman–Crippen LogP) is 7.99. The Kier molecular flexibility index (Phi) is 10.1. The second kappa shape index (κ2) is 14.9. The molecule has 54 heavy (non-hydrogen) atoms. The van der Waals surface area contributed by atoms with Crippen molar-refractivity contribution in [3.63, 3.8) is 0 Å². The Hall–Kier alpha value is -5.82. The van der Waals surface area contributed by atoms with Gasteiger partial charge in [0.05, 0.1) is 33.9 Å². The lowest BCUT2D eigenvalue weighted by Crippen LogP contribution is -2.28. The van der Waals surface area contributed by atoms with Crippen molar-refractivity contribution in [3.05, 3.63) is 143 Å². The minimum Gasteiger partial charge on any atom is -0.588 e. The molecule has 0 aromatic heterocycles. The summed E-state index contributed by atoms with van der Waals surface area (Å²) in [7, 11) is 3.77. The molecule has 0 amide bonds. The number of nitrogens with one attached hydrogen (secondary N) is 2. The molecule has 0 bridgehead atoms. The summed E-state index contributed by atoms with van der Waals surface area (Å²) in [6.45, 7) is 3.83. The van der Waals surface area contributed by atoms with Gasteiger partial charge in [0.15, 0.2) is 27.1 Å². The monoisotopic (exact) mass is 776 g/mol. The Morgan fingerprint density at radius 2 is 0.944 bits per heavy atom. The molecule has 2 atom stereocenters. The van der Waals surface area contributed by atoms with Gasteiger partial charge in [0.25, 0.3) is 0 Å². The predicted molar refractivity (Wildman–Crippen MR) is 215 cm³/mol. The topological polar surface area (TPSA) is 198 Å². The van der Waals surface area contributed by atoms with Crippen LogP contribution in [0.5, 0.6) is 34.5 Å². The smallest absolute Gasteiger partial charge is 0.198 e. The Labute approximate surface area is 319 Å². The molecule has 0 spiro atoms. The molecule has 0 heterocycles. The summed E-state index contributed by atoms with van der Waals surface area (Å²) in [5.74, 6) is 0.382. The van der Waals surface area contributed by atoms with Crippen LogP contribution in [0.3, 0.4) is 0 Å². The highest BCUT2D eigenvalue weighted by atomic mass is 32.2. The summed E-state index contributed by atoms with van der Waals surface area (Å²) in [5, 5.41) is 20.0. The summed E-state index contributed by atoms with van der Waals surface area (Å²) < 4.78 is 45.9. The molecular formula is C40H33N4O7PS2. The van der Waals surface area contributed by atoms with Crippen molar-refractivity contribution in [2.45, 2.75) is 23.6 Å². The number of ether oxygens (including phenoxy) is 2. The molecule has 0 saturated carbocycles. The van der Waals surface area contributed by atoms with Crippen LogP contribution in [-0.4, -0.2) is 30.4 Å². The number of hydrogen-bond donors (Lipinski definition) is 6. The van der Waals surface area contributed by atoms with E-state index in [1.807, 2.05) is 38.1 Å². The zero-order chi connectivity index (χ0) is 38.3. The van der Waals surface area contributed by atoms with E-state index < -0.39 is 28.5 Å². The van der Waals surface area contributed by atoms with Crippen LogP contribution in [0, 0.1) is 13.8 Å². The molecule has 6 aromatic rings. The molecule has 0 saturated heterocycles. The number of nitrogen functional groups attached to an aromatic ring is 2. The zero-order valence-electron chi connectivity index (χ0n) is 28.8. The summed E-state index contributed by atoms with van der Waals surface area (Å²) >= 11 is -3.69. The average Bonchev–Trinajstić information content (AvgIpc) is 3.15. The van der Waals surface area contributed by atoms with Crippen LogP contribution in [0.2, 0.25) is 0 Å². The highest BCUT2D eigenvalue weighted by molar-refractivity contribution is 7.93. The molecule has 6 aromatic carbocycles. The van der Waals surface area contributed by atoms with Gasteiger partial charge < -0.3 is 40.3 Å². The number of rotatable bonds is 10. The van der Waals surface area contributed by atoms with Crippen molar-refractivity contribution < 1.29 is 33.6 Å². The van der Waals surface area contributed by atoms with Gasteiger partial charge >= 0.3 is 0 Å². The highest BCUT2D eigenvalue weighted by Gasteiger charge is 2.39. The first kappa shape index (κ1) is 36.5. The van der Waals surface area contributed by atoms with E-state index in [0.717, 1.165) is 11.1 Å². The normalized spacial score (nSPS) is 13.0. The maximum atomic E-state index is 15.0. The van der Waals surface area contributed by atoms with Crippen LogP contribution < -0.4 is 30.4 Å². The molecule has 2 unspecified atom stereocenters. The van der Waals surface area contributed by atoms with Crippen LogP contribution >= 0.6 is 8.86 Å². The van der Waals surface area contributed by atoms with E-state index in [1.54, 1.807) is 48.5 Å². The maximum absolute atomic E-state index is 15.0. The third-order valence-electron chi connectivity index (χ3n) is 8.62. The van der Waals surface area contributed by atoms with Gasteiger partial charge in [0.1, 0.15) is 45.7 Å². The van der Waals surface area contributed by atoms with Crippen LogP contribution in [0.15, 0.2) is 119 Å². The average molecular weight is 777 g/mol. The summed E-state index contributed by atoms with van der Waals surface area (Å²) in [6.07, 6.45) is 0. The van der Waals surface area contributed by atoms with Crippen molar-refractivity contribution in [3.8, 4) is 34.5 Å². The first-order chi connectivity index (χ1) is 25.9. The molecule has 11 nitrogen and oxygen atoms in total. The summed E-state index contributed by atoms with van der Waals surface area (Å²) in [6, 6.07) is 29.1. The number of carbonyl (C=O) groups excluding carboxylic acids is 1.